The summed E-state index contributed by atoms with van der Waals surface area (Å²) in [6.45, 7) is 3.69. The molecule has 2 aromatic heterocycles. The van der Waals surface area contributed by atoms with Crippen molar-refractivity contribution < 1.29 is 9.90 Å². The predicted molar refractivity (Wildman–Crippen MR) is 94.0 cm³/mol. The minimum Gasteiger partial charge on any atom is -0.396 e. The highest BCUT2D eigenvalue weighted by Crippen LogP contribution is 2.38. The molecule has 2 aromatic rings. The van der Waals surface area contributed by atoms with Gasteiger partial charge >= 0.3 is 6.03 Å². The van der Waals surface area contributed by atoms with Crippen LogP contribution in [0.3, 0.4) is 0 Å². The second-order valence-electron chi connectivity index (χ2n) is 6.26. The number of carbonyl (C=O) groups excluding carboxylic acids is 1. The highest BCUT2D eigenvalue weighted by molar-refractivity contribution is 7.11. The number of hydrogen-bond acceptors (Lipinski definition) is 4. The number of aliphatic hydroxyl groups is 1. The Balaban J connectivity index is 1.55. The van der Waals surface area contributed by atoms with Crippen molar-refractivity contribution in [3.05, 3.63) is 39.3 Å². The Morgan fingerprint density at radius 1 is 1.50 bits per heavy atom. The molecule has 0 aliphatic heterocycles. The summed E-state index contributed by atoms with van der Waals surface area (Å²) in [6.07, 6.45) is 3.01. The van der Waals surface area contributed by atoms with Crippen LogP contribution in [0.1, 0.15) is 46.3 Å². The Labute approximate surface area is 145 Å². The van der Waals surface area contributed by atoms with Gasteiger partial charge in [0.05, 0.1) is 24.5 Å². The van der Waals surface area contributed by atoms with Crippen LogP contribution >= 0.6 is 11.3 Å². The van der Waals surface area contributed by atoms with Crippen LogP contribution in [0.25, 0.3) is 0 Å². The molecule has 0 saturated heterocycles. The topological polar surface area (TPSA) is 81.2 Å². The summed E-state index contributed by atoms with van der Waals surface area (Å²) in [5.74, 6) is 0.605. The summed E-state index contributed by atoms with van der Waals surface area (Å²) in [4.78, 5) is 16.6. The van der Waals surface area contributed by atoms with Crippen molar-refractivity contribution in [3.8, 4) is 0 Å². The van der Waals surface area contributed by atoms with Crippen LogP contribution in [0.5, 0.6) is 0 Å². The molecule has 3 N–H and O–H groups in total. The monoisotopic (exact) mass is 348 g/mol. The van der Waals surface area contributed by atoms with Crippen LogP contribution in [0.4, 0.5) is 4.79 Å². The average Bonchev–Trinajstić information content (AvgIpc) is 3.18. The molecule has 1 aliphatic carbocycles. The number of amides is 2. The molecule has 1 fully saturated rings. The molecule has 6 nitrogen and oxygen atoms in total. The van der Waals surface area contributed by atoms with Crippen molar-refractivity contribution in [2.75, 3.05) is 13.2 Å². The van der Waals surface area contributed by atoms with Crippen LogP contribution in [0.2, 0.25) is 0 Å². The van der Waals surface area contributed by atoms with Gasteiger partial charge in [0.15, 0.2) is 0 Å². The van der Waals surface area contributed by atoms with Crippen LogP contribution in [0, 0.1) is 6.92 Å². The van der Waals surface area contributed by atoms with E-state index >= 15 is 0 Å². The Morgan fingerprint density at radius 2 is 2.33 bits per heavy atom. The fourth-order valence-electron chi connectivity index (χ4n) is 2.61. The Kier molecular flexibility index (Phi) is 5.52. The van der Waals surface area contributed by atoms with Crippen molar-refractivity contribution in [2.45, 2.75) is 45.2 Å². The van der Waals surface area contributed by atoms with Crippen molar-refractivity contribution in [2.24, 2.45) is 0 Å². The predicted octanol–water partition coefficient (Wildman–Crippen LogP) is 2.75. The van der Waals surface area contributed by atoms with Crippen LogP contribution in [0.15, 0.2) is 18.2 Å². The number of thiophene rings is 1. The third kappa shape index (κ3) is 4.58. The maximum atomic E-state index is 12.5. The molecule has 2 amide bonds. The second-order valence-corrected chi connectivity index (χ2v) is 7.63. The summed E-state index contributed by atoms with van der Waals surface area (Å²) in [5.41, 5.74) is 2.03. The van der Waals surface area contributed by atoms with E-state index in [0.29, 0.717) is 32.0 Å². The molecule has 0 radical (unpaired) electrons. The van der Waals surface area contributed by atoms with Crippen LogP contribution in [-0.4, -0.2) is 39.4 Å². The van der Waals surface area contributed by atoms with Gasteiger partial charge in [-0.3, -0.25) is 5.10 Å². The molecule has 0 spiro atoms. The summed E-state index contributed by atoms with van der Waals surface area (Å²) in [6, 6.07) is 6.04. The quantitative estimate of drug-likeness (QED) is 0.686. The lowest BCUT2D eigenvalue weighted by Crippen LogP contribution is -2.39. The number of carbonyl (C=O) groups is 1. The summed E-state index contributed by atoms with van der Waals surface area (Å²) in [7, 11) is 0. The van der Waals surface area contributed by atoms with Gasteiger partial charge in [-0.05, 0) is 44.4 Å². The fraction of sp³-hybridized carbons (Fsp3) is 0.529. The summed E-state index contributed by atoms with van der Waals surface area (Å²) in [5, 5.41) is 19.3. The smallest absolute Gasteiger partial charge is 0.318 e. The minimum atomic E-state index is -0.114. The van der Waals surface area contributed by atoms with Gasteiger partial charge in [-0.25, -0.2) is 4.79 Å². The number of H-pyrrole nitrogens is 1. The SMILES string of the molecule is Cc1ccc(CN(CCCO)C(=O)NCc2cc(C3CC3)n[nH]2)s1. The van der Waals surface area contributed by atoms with Gasteiger partial charge in [0.25, 0.3) is 0 Å². The molecule has 130 valence electrons. The molecule has 1 aliphatic rings. The zero-order valence-electron chi connectivity index (χ0n) is 13.9. The Morgan fingerprint density at radius 3 is 3.00 bits per heavy atom. The van der Waals surface area contributed by atoms with E-state index in [1.807, 2.05) is 6.07 Å². The van der Waals surface area contributed by atoms with Crippen molar-refractivity contribution >= 4 is 17.4 Å². The first-order valence-corrected chi connectivity index (χ1v) is 9.20. The Hall–Kier alpha value is -1.86. The van der Waals surface area contributed by atoms with Crippen LogP contribution in [-0.2, 0) is 13.1 Å². The lowest BCUT2D eigenvalue weighted by Gasteiger charge is -2.22. The lowest BCUT2D eigenvalue weighted by atomic mass is 10.2. The van der Waals surface area contributed by atoms with Gasteiger partial charge in [-0.2, -0.15) is 5.10 Å². The molecule has 0 unspecified atom stereocenters. The highest BCUT2D eigenvalue weighted by atomic mass is 32.1. The van der Waals surface area contributed by atoms with Crippen LogP contribution < -0.4 is 5.32 Å². The molecule has 0 bridgehead atoms. The number of aromatic nitrogens is 2. The molecular formula is C17H24N4O2S. The second kappa shape index (κ2) is 7.81. The molecular weight excluding hydrogens is 324 g/mol. The Bertz CT molecular complexity index is 678. The number of nitrogens with zero attached hydrogens (tertiary/aromatic N) is 2. The molecule has 2 heterocycles. The number of rotatable bonds is 8. The average molecular weight is 348 g/mol. The molecule has 3 rings (SSSR count). The zero-order chi connectivity index (χ0) is 16.9. The molecule has 0 atom stereocenters. The number of aryl methyl sites for hydroxylation is 1. The van der Waals surface area contributed by atoms with E-state index in [4.69, 9.17) is 5.11 Å². The van der Waals surface area contributed by atoms with Gasteiger partial charge in [0.1, 0.15) is 0 Å². The molecule has 0 aromatic carbocycles. The number of aromatic amines is 1. The third-order valence-corrected chi connectivity index (χ3v) is 5.08. The van der Waals surface area contributed by atoms with Gasteiger partial charge < -0.3 is 15.3 Å². The lowest BCUT2D eigenvalue weighted by molar-refractivity contribution is 0.186. The van der Waals surface area contributed by atoms with E-state index < -0.39 is 0 Å². The van der Waals surface area contributed by atoms with Gasteiger partial charge in [0, 0.05) is 28.8 Å². The standard InChI is InChI=1S/C17H24N4O2S/c1-12-3-6-15(24-12)11-21(7-2-8-22)17(23)18-10-14-9-16(20-19-14)13-4-5-13/h3,6,9,13,22H,2,4-5,7-8,10-11H2,1H3,(H,18,23)(H,19,20). The maximum absolute atomic E-state index is 12.5. The van der Waals surface area contributed by atoms with E-state index in [2.05, 4.69) is 34.6 Å². The van der Waals surface area contributed by atoms with E-state index in [-0.39, 0.29) is 12.6 Å². The molecule has 24 heavy (non-hydrogen) atoms. The molecule has 7 heteroatoms. The normalized spacial score (nSPS) is 13.9. The first-order valence-electron chi connectivity index (χ1n) is 8.39. The van der Waals surface area contributed by atoms with Crippen molar-refractivity contribution in [1.29, 1.82) is 0 Å². The van der Waals surface area contributed by atoms with E-state index in [9.17, 15) is 4.79 Å². The van der Waals surface area contributed by atoms with Gasteiger partial charge in [-0.1, -0.05) is 0 Å². The third-order valence-electron chi connectivity index (χ3n) is 4.09. The van der Waals surface area contributed by atoms with E-state index in [0.717, 1.165) is 16.3 Å². The van der Waals surface area contributed by atoms with E-state index in [1.54, 1.807) is 16.2 Å². The van der Waals surface area contributed by atoms with Gasteiger partial charge in [0.2, 0.25) is 0 Å². The molecule has 1 saturated carbocycles. The first-order chi connectivity index (χ1) is 11.7. The zero-order valence-corrected chi connectivity index (χ0v) is 14.7. The summed E-state index contributed by atoms with van der Waals surface area (Å²) >= 11 is 1.69. The van der Waals surface area contributed by atoms with Crippen molar-refractivity contribution in [3.63, 3.8) is 0 Å². The van der Waals surface area contributed by atoms with E-state index in [1.165, 1.54) is 17.7 Å². The van der Waals surface area contributed by atoms with Crippen molar-refractivity contribution in [1.82, 2.24) is 20.4 Å². The number of aliphatic hydroxyl groups excluding tert-OH is 1. The summed E-state index contributed by atoms with van der Waals surface area (Å²) < 4.78 is 0. The number of hydrogen-bond donors (Lipinski definition) is 3. The fourth-order valence-corrected chi connectivity index (χ4v) is 3.52. The highest BCUT2D eigenvalue weighted by Gasteiger charge is 2.26. The van der Waals surface area contributed by atoms with Gasteiger partial charge in [-0.15, -0.1) is 11.3 Å². The first kappa shape index (κ1) is 17.0. The minimum absolute atomic E-state index is 0.0819. The maximum Gasteiger partial charge on any atom is 0.318 e. The largest absolute Gasteiger partial charge is 0.396 e. The number of nitrogens with one attached hydrogen (secondary N) is 2. The number of urea groups is 1.